The van der Waals surface area contributed by atoms with E-state index in [1.807, 2.05) is 12.1 Å². The summed E-state index contributed by atoms with van der Waals surface area (Å²) in [5, 5.41) is 23.7. The van der Waals surface area contributed by atoms with E-state index in [1.165, 1.54) is 12.1 Å². The number of benzene rings is 1. The number of carbonyl (C=O) groups excluding carboxylic acids is 1. The molecule has 1 aromatic carbocycles. The lowest BCUT2D eigenvalue weighted by Crippen LogP contribution is -2.46. The first kappa shape index (κ1) is 13.4. The van der Waals surface area contributed by atoms with Gasteiger partial charge in [-0.05, 0) is 18.2 Å². The van der Waals surface area contributed by atoms with E-state index in [9.17, 15) is 4.79 Å². The van der Waals surface area contributed by atoms with E-state index >= 15 is 0 Å². The van der Waals surface area contributed by atoms with Gasteiger partial charge < -0.3 is 10.6 Å². The molecule has 1 heterocycles. The third kappa shape index (κ3) is 3.25. The first-order valence-electron chi connectivity index (χ1n) is 5.81. The normalized spacial score (nSPS) is 18.1. The zero-order chi connectivity index (χ0) is 13.7. The molecular formula is C13H12N4OS. The van der Waals surface area contributed by atoms with E-state index < -0.39 is 0 Å². The summed E-state index contributed by atoms with van der Waals surface area (Å²) in [6.07, 6.45) is 0. The van der Waals surface area contributed by atoms with Crippen molar-refractivity contribution in [3.8, 4) is 12.1 Å². The van der Waals surface area contributed by atoms with Crippen LogP contribution in [0.25, 0.3) is 0 Å². The fraction of sp³-hybridized carbons (Fsp3) is 0.308. The molecule has 1 aliphatic heterocycles. The zero-order valence-electron chi connectivity index (χ0n) is 10.1. The number of rotatable bonds is 2. The Morgan fingerprint density at radius 2 is 2.16 bits per heavy atom. The summed E-state index contributed by atoms with van der Waals surface area (Å²) >= 11 is 1.74. The van der Waals surface area contributed by atoms with Gasteiger partial charge in [0.1, 0.15) is 12.1 Å². The quantitative estimate of drug-likeness (QED) is 0.840. The molecule has 1 saturated heterocycles. The van der Waals surface area contributed by atoms with E-state index in [0.29, 0.717) is 11.3 Å². The van der Waals surface area contributed by atoms with Gasteiger partial charge in [0.15, 0.2) is 0 Å². The Bertz CT molecular complexity index is 567. The minimum Gasteiger partial charge on any atom is -0.325 e. The fourth-order valence-corrected chi connectivity index (χ4v) is 2.71. The molecule has 2 N–H and O–H groups in total. The Morgan fingerprint density at radius 1 is 1.37 bits per heavy atom. The van der Waals surface area contributed by atoms with Crippen molar-refractivity contribution in [2.24, 2.45) is 0 Å². The molecule has 6 heteroatoms. The Balaban J connectivity index is 2.09. The zero-order valence-corrected chi connectivity index (χ0v) is 11.0. The first-order valence-corrected chi connectivity index (χ1v) is 6.96. The van der Waals surface area contributed by atoms with Crippen LogP contribution in [-0.4, -0.2) is 30.0 Å². The average Bonchev–Trinajstić information content (AvgIpc) is 2.48. The van der Waals surface area contributed by atoms with Crippen LogP contribution < -0.4 is 10.6 Å². The van der Waals surface area contributed by atoms with Crippen molar-refractivity contribution in [3.63, 3.8) is 0 Å². The summed E-state index contributed by atoms with van der Waals surface area (Å²) in [4.78, 5) is 12.0. The van der Waals surface area contributed by atoms with Crippen LogP contribution in [0.1, 0.15) is 11.1 Å². The monoisotopic (exact) mass is 272 g/mol. The van der Waals surface area contributed by atoms with Crippen LogP contribution in [0, 0.1) is 22.7 Å². The number of nitriles is 2. The van der Waals surface area contributed by atoms with Gasteiger partial charge in [0.2, 0.25) is 5.91 Å². The predicted molar refractivity (Wildman–Crippen MR) is 73.6 cm³/mol. The molecule has 0 spiro atoms. The number of carbonyl (C=O) groups is 1. The number of thioether (sulfide) groups is 1. The van der Waals surface area contributed by atoms with Gasteiger partial charge in [-0.15, -0.1) is 0 Å². The number of nitrogens with zero attached hydrogens (tertiary/aromatic N) is 2. The van der Waals surface area contributed by atoms with Crippen molar-refractivity contribution in [1.82, 2.24) is 5.32 Å². The van der Waals surface area contributed by atoms with Crippen molar-refractivity contribution in [1.29, 1.82) is 10.5 Å². The summed E-state index contributed by atoms with van der Waals surface area (Å²) in [6.45, 7) is 0.819. The molecule has 1 fully saturated rings. The molecule has 0 saturated carbocycles. The fourth-order valence-electron chi connectivity index (χ4n) is 1.78. The standard InChI is InChI=1S/C13H12N4OS/c14-6-9-1-2-11(5-10(9)7-15)17-13(18)12-8-19-4-3-16-12/h1-2,5,12,16H,3-4,8H2,(H,17,18). The van der Waals surface area contributed by atoms with Gasteiger partial charge in [0.05, 0.1) is 17.2 Å². The Labute approximate surface area is 115 Å². The Hall–Kier alpha value is -2.02. The average molecular weight is 272 g/mol. The van der Waals surface area contributed by atoms with Gasteiger partial charge in [0, 0.05) is 23.7 Å². The lowest BCUT2D eigenvalue weighted by molar-refractivity contribution is -0.117. The van der Waals surface area contributed by atoms with Crippen LogP contribution in [0.3, 0.4) is 0 Å². The second kappa shape index (κ2) is 6.24. The molecule has 1 unspecified atom stereocenters. The summed E-state index contributed by atoms with van der Waals surface area (Å²) < 4.78 is 0. The Kier molecular flexibility index (Phi) is 4.40. The molecule has 1 amide bonds. The minimum atomic E-state index is -0.208. The van der Waals surface area contributed by atoms with Gasteiger partial charge >= 0.3 is 0 Å². The lowest BCUT2D eigenvalue weighted by atomic mass is 10.1. The number of hydrogen-bond acceptors (Lipinski definition) is 5. The Morgan fingerprint density at radius 3 is 2.79 bits per heavy atom. The summed E-state index contributed by atoms with van der Waals surface area (Å²) in [5.41, 5.74) is 1.12. The van der Waals surface area contributed by atoms with Crippen molar-refractivity contribution in [3.05, 3.63) is 29.3 Å². The maximum Gasteiger partial charge on any atom is 0.242 e. The first-order chi connectivity index (χ1) is 9.24. The number of nitrogens with one attached hydrogen (secondary N) is 2. The third-order valence-corrected chi connectivity index (χ3v) is 3.83. The number of hydrogen-bond donors (Lipinski definition) is 2. The predicted octanol–water partition coefficient (Wildman–Crippen LogP) is 1.07. The highest BCUT2D eigenvalue weighted by Gasteiger charge is 2.21. The van der Waals surface area contributed by atoms with Crippen molar-refractivity contribution in [2.45, 2.75) is 6.04 Å². The van der Waals surface area contributed by atoms with Crippen LogP contribution >= 0.6 is 11.8 Å². The highest BCUT2D eigenvalue weighted by Crippen LogP contribution is 2.16. The van der Waals surface area contributed by atoms with E-state index in [0.717, 1.165) is 18.1 Å². The SMILES string of the molecule is N#Cc1ccc(NC(=O)C2CSCCN2)cc1C#N. The van der Waals surface area contributed by atoms with Gasteiger partial charge in [-0.3, -0.25) is 4.79 Å². The molecule has 19 heavy (non-hydrogen) atoms. The summed E-state index contributed by atoms with van der Waals surface area (Å²) in [5.74, 6) is 1.65. The van der Waals surface area contributed by atoms with Crippen LogP contribution in [-0.2, 0) is 4.79 Å². The van der Waals surface area contributed by atoms with Crippen molar-refractivity contribution in [2.75, 3.05) is 23.4 Å². The van der Waals surface area contributed by atoms with Crippen molar-refractivity contribution < 1.29 is 4.79 Å². The highest BCUT2D eigenvalue weighted by molar-refractivity contribution is 7.99. The van der Waals surface area contributed by atoms with E-state index in [2.05, 4.69) is 10.6 Å². The third-order valence-electron chi connectivity index (χ3n) is 2.77. The molecule has 5 nitrogen and oxygen atoms in total. The smallest absolute Gasteiger partial charge is 0.242 e. The topological polar surface area (TPSA) is 88.7 Å². The largest absolute Gasteiger partial charge is 0.325 e. The molecule has 0 aromatic heterocycles. The van der Waals surface area contributed by atoms with E-state index in [4.69, 9.17) is 10.5 Å². The molecule has 0 radical (unpaired) electrons. The summed E-state index contributed by atoms with van der Waals surface area (Å²) in [7, 11) is 0. The molecule has 1 aromatic rings. The van der Waals surface area contributed by atoms with Gasteiger partial charge in [-0.25, -0.2) is 0 Å². The molecule has 0 aliphatic carbocycles. The van der Waals surface area contributed by atoms with Crippen LogP contribution in [0.4, 0.5) is 5.69 Å². The molecule has 0 bridgehead atoms. The molecule has 1 aliphatic rings. The van der Waals surface area contributed by atoms with Gasteiger partial charge in [-0.1, -0.05) is 0 Å². The molecule has 96 valence electrons. The molecule has 1 atom stereocenters. The van der Waals surface area contributed by atoms with E-state index in [-0.39, 0.29) is 17.5 Å². The van der Waals surface area contributed by atoms with Crippen molar-refractivity contribution >= 4 is 23.4 Å². The molecule has 2 rings (SSSR count). The second-order valence-corrected chi connectivity index (χ2v) is 5.20. The summed E-state index contributed by atoms with van der Waals surface area (Å²) in [6, 6.07) is 8.37. The molecular weight excluding hydrogens is 260 g/mol. The maximum absolute atomic E-state index is 12.0. The van der Waals surface area contributed by atoms with Gasteiger partial charge in [-0.2, -0.15) is 22.3 Å². The van der Waals surface area contributed by atoms with Crippen LogP contribution in [0.2, 0.25) is 0 Å². The van der Waals surface area contributed by atoms with Crippen LogP contribution in [0.15, 0.2) is 18.2 Å². The minimum absolute atomic E-state index is 0.110. The lowest BCUT2D eigenvalue weighted by Gasteiger charge is -2.22. The maximum atomic E-state index is 12.0. The number of anilines is 1. The van der Waals surface area contributed by atoms with Crippen LogP contribution in [0.5, 0.6) is 0 Å². The van der Waals surface area contributed by atoms with E-state index in [1.54, 1.807) is 17.8 Å². The second-order valence-electron chi connectivity index (χ2n) is 4.05. The highest BCUT2D eigenvalue weighted by atomic mass is 32.2. The van der Waals surface area contributed by atoms with Gasteiger partial charge in [0.25, 0.3) is 0 Å². The number of amides is 1.